The van der Waals surface area contributed by atoms with Crippen molar-refractivity contribution in [2.75, 3.05) is 34.4 Å². The number of aromatic nitrogens is 1. The average molecular weight is 334 g/mol. The van der Waals surface area contributed by atoms with Gasteiger partial charge in [0.25, 0.3) is 0 Å². The first-order chi connectivity index (χ1) is 11.0. The average Bonchev–Trinajstić information content (AvgIpc) is 2.93. The van der Waals surface area contributed by atoms with E-state index in [0.29, 0.717) is 12.3 Å². The minimum atomic E-state index is -0.415. The number of hydrogen-bond donors (Lipinski definition) is 0. The molecule has 0 saturated carbocycles. The van der Waals surface area contributed by atoms with Gasteiger partial charge in [-0.05, 0) is 45.1 Å². The van der Waals surface area contributed by atoms with Gasteiger partial charge in [0, 0.05) is 6.54 Å². The number of benzene rings is 1. The molecule has 2 rings (SSSR count). The third kappa shape index (κ3) is 4.77. The van der Waals surface area contributed by atoms with Crippen LogP contribution in [0.25, 0.3) is 10.4 Å². The number of carbonyl (C=O) groups is 1. The number of rotatable bonds is 7. The third-order valence-corrected chi connectivity index (χ3v) is 4.25. The minimum absolute atomic E-state index is 0.361. The molecule has 1 aromatic carbocycles. The van der Waals surface area contributed by atoms with Crippen LogP contribution in [0.1, 0.15) is 21.9 Å². The van der Waals surface area contributed by atoms with Crippen molar-refractivity contribution in [2.45, 2.75) is 13.3 Å². The molecule has 1 aromatic heterocycles. The molecule has 0 spiro atoms. The summed E-state index contributed by atoms with van der Waals surface area (Å²) in [5.74, 6) is 0.379. The van der Waals surface area contributed by atoms with Gasteiger partial charge in [0.15, 0.2) is 5.69 Å². The summed E-state index contributed by atoms with van der Waals surface area (Å²) >= 11 is 1.48. The van der Waals surface area contributed by atoms with Gasteiger partial charge in [0.2, 0.25) is 0 Å². The Balaban J connectivity index is 2.15. The first-order valence-corrected chi connectivity index (χ1v) is 8.26. The van der Waals surface area contributed by atoms with Gasteiger partial charge in [0.1, 0.15) is 5.75 Å². The number of hydrogen-bond acceptors (Lipinski definition) is 6. The van der Waals surface area contributed by atoms with Crippen LogP contribution in [0.2, 0.25) is 0 Å². The van der Waals surface area contributed by atoms with E-state index in [4.69, 9.17) is 9.47 Å². The molecule has 124 valence electrons. The number of nitrogens with zero attached hydrogens (tertiary/aromatic N) is 2. The maximum atomic E-state index is 11.9. The van der Waals surface area contributed by atoms with Crippen LogP contribution in [-0.4, -0.2) is 50.2 Å². The summed E-state index contributed by atoms with van der Waals surface area (Å²) in [6, 6.07) is 7.73. The van der Waals surface area contributed by atoms with Crippen LogP contribution < -0.4 is 4.74 Å². The zero-order valence-electron chi connectivity index (χ0n) is 14.0. The third-order valence-electron chi connectivity index (χ3n) is 3.23. The van der Waals surface area contributed by atoms with Gasteiger partial charge < -0.3 is 14.4 Å². The Morgan fingerprint density at radius 2 is 2.13 bits per heavy atom. The molecule has 0 fully saturated rings. The second kappa shape index (κ2) is 8.08. The van der Waals surface area contributed by atoms with Crippen LogP contribution in [-0.2, 0) is 4.74 Å². The highest BCUT2D eigenvalue weighted by Gasteiger charge is 2.19. The van der Waals surface area contributed by atoms with Crippen molar-refractivity contribution in [3.8, 4) is 16.2 Å². The number of thiazole rings is 1. The van der Waals surface area contributed by atoms with Gasteiger partial charge in [-0.3, -0.25) is 0 Å². The predicted octanol–water partition coefficient (Wildman–Crippen LogP) is 3.24. The van der Waals surface area contributed by atoms with Crippen LogP contribution in [0.4, 0.5) is 0 Å². The molecular formula is C17H22N2O3S. The van der Waals surface area contributed by atoms with Crippen LogP contribution in [0.5, 0.6) is 5.75 Å². The summed E-state index contributed by atoms with van der Waals surface area (Å²) in [7, 11) is 5.45. The fraction of sp³-hybridized carbons (Fsp3) is 0.412. The van der Waals surface area contributed by atoms with E-state index in [-0.39, 0.29) is 0 Å². The molecule has 5 nitrogen and oxygen atoms in total. The Bertz CT molecular complexity index is 668. The molecule has 0 unspecified atom stereocenters. The molecule has 2 aromatic rings. The molecule has 0 aliphatic heterocycles. The molecule has 23 heavy (non-hydrogen) atoms. The maximum Gasteiger partial charge on any atom is 0.358 e. The summed E-state index contributed by atoms with van der Waals surface area (Å²) in [5, 5.41) is 0.831. The van der Waals surface area contributed by atoms with E-state index in [1.165, 1.54) is 18.4 Å². The topological polar surface area (TPSA) is 51.7 Å². The number of carbonyl (C=O) groups excluding carboxylic acids is 1. The van der Waals surface area contributed by atoms with Gasteiger partial charge in [-0.25, -0.2) is 9.78 Å². The monoisotopic (exact) mass is 334 g/mol. The second-order valence-corrected chi connectivity index (χ2v) is 6.64. The van der Waals surface area contributed by atoms with E-state index in [2.05, 4.69) is 9.88 Å². The molecule has 1 heterocycles. The van der Waals surface area contributed by atoms with Gasteiger partial charge in [-0.2, -0.15) is 0 Å². The highest BCUT2D eigenvalue weighted by Crippen LogP contribution is 2.32. The fourth-order valence-corrected chi connectivity index (χ4v) is 3.06. The molecule has 0 aliphatic rings. The summed E-state index contributed by atoms with van der Waals surface area (Å²) < 4.78 is 10.6. The maximum absolute atomic E-state index is 11.9. The number of aryl methyl sites for hydroxylation is 1. The molecule has 0 amide bonds. The molecule has 0 radical (unpaired) electrons. The van der Waals surface area contributed by atoms with E-state index in [9.17, 15) is 4.79 Å². The molecule has 0 atom stereocenters. The van der Waals surface area contributed by atoms with Gasteiger partial charge >= 0.3 is 5.97 Å². The van der Waals surface area contributed by atoms with Crippen molar-refractivity contribution >= 4 is 17.3 Å². The summed E-state index contributed by atoms with van der Waals surface area (Å²) in [6.45, 7) is 3.52. The van der Waals surface area contributed by atoms with Crippen molar-refractivity contribution in [3.63, 3.8) is 0 Å². The Morgan fingerprint density at radius 1 is 1.35 bits per heavy atom. The smallest absolute Gasteiger partial charge is 0.358 e. The summed E-state index contributed by atoms with van der Waals surface area (Å²) in [6.07, 6.45) is 0.963. The van der Waals surface area contributed by atoms with Crippen molar-refractivity contribution in [2.24, 2.45) is 0 Å². The van der Waals surface area contributed by atoms with Crippen LogP contribution in [0, 0.1) is 6.92 Å². The van der Waals surface area contributed by atoms with Crippen LogP contribution in [0.15, 0.2) is 24.3 Å². The Hall–Kier alpha value is -1.92. The summed E-state index contributed by atoms with van der Waals surface area (Å²) in [4.78, 5) is 19.1. The molecule has 0 N–H and O–H groups in total. The van der Waals surface area contributed by atoms with Gasteiger partial charge in [-0.1, -0.05) is 12.1 Å². The highest BCUT2D eigenvalue weighted by molar-refractivity contribution is 7.15. The summed E-state index contributed by atoms with van der Waals surface area (Å²) in [5.41, 5.74) is 1.28. The highest BCUT2D eigenvalue weighted by atomic mass is 32.1. The lowest BCUT2D eigenvalue weighted by Crippen LogP contribution is -2.15. The van der Waals surface area contributed by atoms with E-state index in [1.54, 1.807) is 0 Å². The van der Waals surface area contributed by atoms with Crippen LogP contribution >= 0.6 is 11.3 Å². The van der Waals surface area contributed by atoms with E-state index in [1.807, 2.05) is 45.3 Å². The normalized spacial score (nSPS) is 10.8. The number of methoxy groups -OCH3 is 1. The zero-order valence-corrected chi connectivity index (χ0v) is 14.8. The van der Waals surface area contributed by atoms with E-state index in [0.717, 1.165) is 34.2 Å². The van der Waals surface area contributed by atoms with Crippen molar-refractivity contribution in [1.82, 2.24) is 9.88 Å². The first kappa shape index (κ1) is 17.4. The van der Waals surface area contributed by atoms with Crippen LogP contribution in [0.3, 0.4) is 0 Å². The zero-order chi connectivity index (χ0) is 16.8. The van der Waals surface area contributed by atoms with Crippen molar-refractivity contribution < 1.29 is 14.3 Å². The van der Waals surface area contributed by atoms with Gasteiger partial charge in [0.05, 0.1) is 23.6 Å². The molecule has 0 saturated heterocycles. The number of ether oxygens (including phenoxy) is 2. The van der Waals surface area contributed by atoms with E-state index < -0.39 is 5.97 Å². The Labute approximate surface area is 140 Å². The fourth-order valence-electron chi connectivity index (χ4n) is 2.16. The minimum Gasteiger partial charge on any atom is -0.494 e. The molecule has 6 heteroatoms. The lowest BCUT2D eigenvalue weighted by Gasteiger charge is -2.11. The number of esters is 1. The molecule has 0 bridgehead atoms. The lowest BCUT2D eigenvalue weighted by molar-refractivity contribution is 0.0595. The largest absolute Gasteiger partial charge is 0.494 e. The molecule has 0 aliphatic carbocycles. The standard InChI is InChI=1S/C17H22N2O3S/c1-12-18-15(17(20)21-4)16(23-12)13-7-5-8-14(11-13)22-10-6-9-19(2)3/h5,7-8,11H,6,9-10H2,1-4H3. The predicted molar refractivity (Wildman–Crippen MR) is 92.3 cm³/mol. The lowest BCUT2D eigenvalue weighted by atomic mass is 10.1. The Morgan fingerprint density at radius 3 is 2.83 bits per heavy atom. The quantitative estimate of drug-likeness (QED) is 0.575. The van der Waals surface area contributed by atoms with Crippen molar-refractivity contribution in [1.29, 1.82) is 0 Å². The second-order valence-electron chi connectivity index (χ2n) is 5.44. The Kier molecular flexibility index (Phi) is 6.12. The first-order valence-electron chi connectivity index (χ1n) is 7.45. The SMILES string of the molecule is COC(=O)c1nc(C)sc1-c1cccc(OCCCN(C)C)c1. The van der Waals surface area contributed by atoms with E-state index >= 15 is 0 Å². The van der Waals surface area contributed by atoms with Gasteiger partial charge in [-0.15, -0.1) is 11.3 Å². The van der Waals surface area contributed by atoms with Crippen molar-refractivity contribution in [3.05, 3.63) is 35.0 Å². The molecular weight excluding hydrogens is 312 g/mol.